The number of carbonyl (C=O) groups is 2. The second-order valence-electron chi connectivity index (χ2n) is 4.17. The van der Waals surface area contributed by atoms with Crippen molar-refractivity contribution in [2.75, 3.05) is 50.5 Å². The third kappa shape index (κ3) is 3.36. The van der Waals surface area contributed by atoms with Gasteiger partial charge in [-0.05, 0) is 0 Å². The zero-order chi connectivity index (χ0) is 14.5. The maximum absolute atomic E-state index is 11.9. The standard InChI is InChI=1S/C11H17N5O3S/c1-13-7(17)6-14-10(18)8-9(12)15-11(20-8)16-2-4-19-5-3-16/h2-6,12H2,1H3,(H,13,17)(H,14,18). The Morgan fingerprint density at radius 1 is 1.45 bits per heavy atom. The average Bonchev–Trinajstić information content (AvgIpc) is 2.87. The minimum atomic E-state index is -0.386. The number of carbonyl (C=O) groups excluding carboxylic acids is 2. The molecule has 0 saturated carbocycles. The lowest BCUT2D eigenvalue weighted by Crippen LogP contribution is -2.36. The molecule has 1 fully saturated rings. The van der Waals surface area contributed by atoms with Crippen molar-refractivity contribution < 1.29 is 14.3 Å². The summed E-state index contributed by atoms with van der Waals surface area (Å²) in [6.45, 7) is 2.65. The van der Waals surface area contributed by atoms with E-state index in [4.69, 9.17) is 10.5 Å². The largest absolute Gasteiger partial charge is 0.382 e. The lowest BCUT2D eigenvalue weighted by molar-refractivity contribution is -0.119. The molecule has 0 bridgehead atoms. The van der Waals surface area contributed by atoms with Crippen molar-refractivity contribution >= 4 is 34.1 Å². The minimum absolute atomic E-state index is 0.0838. The predicted octanol–water partition coefficient (Wildman–Crippen LogP) is -0.962. The number of nitrogens with zero attached hydrogens (tertiary/aromatic N) is 2. The number of hydrogen-bond donors (Lipinski definition) is 3. The first kappa shape index (κ1) is 14.5. The molecule has 0 spiro atoms. The fraction of sp³-hybridized carbons (Fsp3) is 0.545. The molecule has 0 unspecified atom stereocenters. The van der Waals surface area contributed by atoms with Crippen LogP contribution in [0.1, 0.15) is 9.67 Å². The van der Waals surface area contributed by atoms with E-state index in [0.717, 1.165) is 13.1 Å². The summed E-state index contributed by atoms with van der Waals surface area (Å²) in [4.78, 5) is 29.6. The number of hydrogen-bond acceptors (Lipinski definition) is 7. The van der Waals surface area contributed by atoms with Crippen molar-refractivity contribution in [2.24, 2.45) is 0 Å². The van der Waals surface area contributed by atoms with Crippen LogP contribution in [0.3, 0.4) is 0 Å². The van der Waals surface area contributed by atoms with E-state index in [1.54, 1.807) is 0 Å². The Hall–Kier alpha value is -1.87. The second kappa shape index (κ2) is 6.53. The van der Waals surface area contributed by atoms with Crippen molar-refractivity contribution in [2.45, 2.75) is 0 Å². The summed E-state index contributed by atoms with van der Waals surface area (Å²) in [5.41, 5.74) is 5.77. The first-order valence-corrected chi connectivity index (χ1v) is 7.01. The summed E-state index contributed by atoms with van der Waals surface area (Å²) in [6, 6.07) is 0. The van der Waals surface area contributed by atoms with E-state index in [1.165, 1.54) is 18.4 Å². The molecule has 2 amide bonds. The van der Waals surface area contributed by atoms with E-state index < -0.39 is 0 Å². The fourth-order valence-corrected chi connectivity index (χ4v) is 2.66. The highest BCUT2D eigenvalue weighted by molar-refractivity contribution is 7.18. The summed E-state index contributed by atoms with van der Waals surface area (Å²) < 4.78 is 5.26. The third-order valence-electron chi connectivity index (χ3n) is 2.82. The van der Waals surface area contributed by atoms with Crippen LogP contribution in [-0.2, 0) is 9.53 Å². The second-order valence-corrected chi connectivity index (χ2v) is 5.14. The highest BCUT2D eigenvalue weighted by atomic mass is 32.1. The van der Waals surface area contributed by atoms with Gasteiger partial charge in [0.15, 0.2) is 5.13 Å². The summed E-state index contributed by atoms with van der Waals surface area (Å²) in [5.74, 6) is -0.469. The van der Waals surface area contributed by atoms with Crippen molar-refractivity contribution in [3.05, 3.63) is 4.88 Å². The minimum Gasteiger partial charge on any atom is -0.382 e. The molecule has 2 rings (SSSR count). The van der Waals surface area contributed by atoms with Gasteiger partial charge in [-0.15, -0.1) is 0 Å². The molecule has 110 valence electrons. The van der Waals surface area contributed by atoms with Gasteiger partial charge in [-0.2, -0.15) is 0 Å². The molecule has 0 atom stereocenters. The number of anilines is 2. The molecule has 1 aliphatic heterocycles. The maximum atomic E-state index is 11.9. The van der Waals surface area contributed by atoms with Gasteiger partial charge in [-0.3, -0.25) is 9.59 Å². The number of nitrogen functional groups attached to an aromatic ring is 1. The van der Waals surface area contributed by atoms with E-state index in [-0.39, 0.29) is 24.2 Å². The quantitative estimate of drug-likeness (QED) is 0.660. The number of amides is 2. The normalized spacial score (nSPS) is 14.9. The molecule has 0 aliphatic carbocycles. The Bertz CT molecular complexity index is 498. The summed E-state index contributed by atoms with van der Waals surface area (Å²) in [7, 11) is 1.51. The van der Waals surface area contributed by atoms with Crippen LogP contribution in [0.15, 0.2) is 0 Å². The number of rotatable bonds is 4. The number of likely N-dealkylation sites (N-methyl/N-ethyl adjacent to an activating group) is 1. The van der Waals surface area contributed by atoms with E-state index >= 15 is 0 Å². The van der Waals surface area contributed by atoms with Gasteiger partial charge in [0.25, 0.3) is 5.91 Å². The van der Waals surface area contributed by atoms with Crippen LogP contribution in [0.4, 0.5) is 10.9 Å². The first-order chi connectivity index (χ1) is 9.61. The molecule has 1 aromatic rings. The van der Waals surface area contributed by atoms with Gasteiger partial charge < -0.3 is 26.0 Å². The summed E-state index contributed by atoms with van der Waals surface area (Å²) in [6.07, 6.45) is 0. The SMILES string of the molecule is CNC(=O)CNC(=O)c1sc(N2CCOCC2)nc1N. The molecular weight excluding hydrogens is 282 g/mol. The number of thiazole rings is 1. The molecule has 0 radical (unpaired) electrons. The summed E-state index contributed by atoms with van der Waals surface area (Å²) >= 11 is 1.22. The van der Waals surface area contributed by atoms with Gasteiger partial charge in [0.1, 0.15) is 10.7 Å². The van der Waals surface area contributed by atoms with Crippen molar-refractivity contribution in [3.8, 4) is 0 Å². The number of aromatic nitrogens is 1. The fourth-order valence-electron chi connectivity index (χ4n) is 1.70. The summed E-state index contributed by atoms with van der Waals surface area (Å²) in [5, 5.41) is 5.63. The van der Waals surface area contributed by atoms with Crippen LogP contribution in [0.2, 0.25) is 0 Å². The van der Waals surface area contributed by atoms with Gasteiger partial charge in [0.05, 0.1) is 19.8 Å². The third-order valence-corrected chi connectivity index (χ3v) is 3.95. The van der Waals surface area contributed by atoms with Crippen LogP contribution in [-0.4, -0.2) is 56.7 Å². The monoisotopic (exact) mass is 299 g/mol. The zero-order valence-electron chi connectivity index (χ0n) is 11.1. The molecule has 1 saturated heterocycles. The number of nitrogens with one attached hydrogen (secondary N) is 2. The molecule has 0 aromatic carbocycles. The predicted molar refractivity (Wildman–Crippen MR) is 76.0 cm³/mol. The Balaban J connectivity index is 2.02. The van der Waals surface area contributed by atoms with Crippen LogP contribution in [0.25, 0.3) is 0 Å². The van der Waals surface area contributed by atoms with Gasteiger partial charge in [-0.25, -0.2) is 4.98 Å². The molecule has 8 nitrogen and oxygen atoms in total. The van der Waals surface area contributed by atoms with Crippen molar-refractivity contribution in [1.82, 2.24) is 15.6 Å². The van der Waals surface area contributed by atoms with E-state index in [9.17, 15) is 9.59 Å². The van der Waals surface area contributed by atoms with Crippen molar-refractivity contribution in [3.63, 3.8) is 0 Å². The first-order valence-electron chi connectivity index (χ1n) is 6.19. The smallest absolute Gasteiger partial charge is 0.265 e. The Kier molecular flexibility index (Phi) is 4.74. The Morgan fingerprint density at radius 3 is 2.80 bits per heavy atom. The van der Waals surface area contributed by atoms with Crippen LogP contribution < -0.4 is 21.3 Å². The number of ether oxygens (including phenoxy) is 1. The van der Waals surface area contributed by atoms with E-state index in [1.807, 2.05) is 4.90 Å². The molecular formula is C11H17N5O3S. The molecule has 9 heteroatoms. The Labute approximate surface area is 120 Å². The van der Waals surface area contributed by atoms with Gasteiger partial charge in [-0.1, -0.05) is 11.3 Å². The zero-order valence-corrected chi connectivity index (χ0v) is 12.0. The molecule has 1 aliphatic rings. The number of nitrogens with two attached hydrogens (primary N) is 1. The molecule has 1 aromatic heterocycles. The molecule has 20 heavy (non-hydrogen) atoms. The molecule has 4 N–H and O–H groups in total. The average molecular weight is 299 g/mol. The van der Waals surface area contributed by atoms with Crippen molar-refractivity contribution in [1.29, 1.82) is 0 Å². The van der Waals surface area contributed by atoms with E-state index in [0.29, 0.717) is 23.2 Å². The van der Waals surface area contributed by atoms with E-state index in [2.05, 4.69) is 15.6 Å². The highest BCUT2D eigenvalue weighted by Gasteiger charge is 2.21. The van der Waals surface area contributed by atoms with Gasteiger partial charge in [0, 0.05) is 20.1 Å². The van der Waals surface area contributed by atoms with Crippen LogP contribution in [0.5, 0.6) is 0 Å². The van der Waals surface area contributed by atoms with Crippen LogP contribution >= 0.6 is 11.3 Å². The van der Waals surface area contributed by atoms with Crippen LogP contribution in [0, 0.1) is 0 Å². The maximum Gasteiger partial charge on any atom is 0.265 e. The topological polar surface area (TPSA) is 110 Å². The number of morpholine rings is 1. The molecule has 2 heterocycles. The Morgan fingerprint density at radius 2 is 2.15 bits per heavy atom. The highest BCUT2D eigenvalue weighted by Crippen LogP contribution is 2.28. The van der Waals surface area contributed by atoms with Gasteiger partial charge >= 0.3 is 0 Å². The lowest BCUT2D eigenvalue weighted by Gasteiger charge is -2.25. The lowest BCUT2D eigenvalue weighted by atomic mass is 10.4. The van der Waals surface area contributed by atoms with Gasteiger partial charge in [0.2, 0.25) is 5.91 Å².